The van der Waals surface area contributed by atoms with Crippen LogP contribution >= 0.6 is 23.2 Å². The number of halogens is 2. The Balaban J connectivity index is 1.23. The first kappa shape index (κ1) is 20.4. The molecular weight excluding hydrogens is 435 g/mol. The minimum Gasteiger partial charge on any atom is -0.461 e. The summed E-state index contributed by atoms with van der Waals surface area (Å²) in [5.41, 5.74) is 1.96. The Labute approximate surface area is 190 Å². The van der Waals surface area contributed by atoms with Gasteiger partial charge in [-0.1, -0.05) is 29.3 Å². The molecule has 2 aromatic heterocycles. The van der Waals surface area contributed by atoms with Crippen LogP contribution in [0.2, 0.25) is 10.0 Å². The lowest BCUT2D eigenvalue weighted by Gasteiger charge is -2.42. The molecule has 5 nitrogen and oxygen atoms in total. The van der Waals surface area contributed by atoms with Crippen molar-refractivity contribution in [3.05, 3.63) is 80.4 Å². The molecule has 2 aliphatic heterocycles. The van der Waals surface area contributed by atoms with Gasteiger partial charge in [0, 0.05) is 55.7 Å². The normalized spacial score (nSPS) is 19.9. The van der Waals surface area contributed by atoms with E-state index in [1.807, 2.05) is 39.8 Å². The molecular formula is C24H22Cl2N2O3. The molecule has 1 saturated heterocycles. The second kappa shape index (κ2) is 8.21. The standard InChI is InChI=1S/C24H22Cl2N2O3/c25-19-7-4-16(11-20(19)26)22-8-5-18(31-22)6-9-23(29)27-12-15-10-17(14-27)21-2-1-3-24(30)28(21)13-15/h1-5,7-8,11,15,17H,6,9-10,12-14H2. The SMILES string of the molecule is O=C(CCc1ccc(-c2ccc(Cl)c(Cl)c2)o1)N1CC2CC(C1)c1cccc(=O)n1C2. The average Bonchev–Trinajstić information content (AvgIpc) is 3.24. The second-order valence-electron chi connectivity index (χ2n) is 8.39. The van der Waals surface area contributed by atoms with E-state index in [1.54, 1.807) is 18.2 Å². The van der Waals surface area contributed by atoms with E-state index < -0.39 is 0 Å². The quantitative estimate of drug-likeness (QED) is 0.555. The Morgan fingerprint density at radius 1 is 1.03 bits per heavy atom. The third-order valence-electron chi connectivity index (χ3n) is 6.28. The first-order valence-corrected chi connectivity index (χ1v) is 11.2. The van der Waals surface area contributed by atoms with Crippen LogP contribution < -0.4 is 5.56 Å². The fourth-order valence-electron chi connectivity index (χ4n) is 4.81. The molecule has 1 amide bonds. The summed E-state index contributed by atoms with van der Waals surface area (Å²) in [4.78, 5) is 27.1. The van der Waals surface area contributed by atoms with Crippen LogP contribution in [0.5, 0.6) is 0 Å². The lowest BCUT2D eigenvalue weighted by molar-refractivity contribution is -0.134. The van der Waals surface area contributed by atoms with Crippen molar-refractivity contribution in [1.82, 2.24) is 9.47 Å². The highest BCUT2D eigenvalue weighted by molar-refractivity contribution is 6.42. The summed E-state index contributed by atoms with van der Waals surface area (Å²) in [6, 6.07) is 14.6. The summed E-state index contributed by atoms with van der Waals surface area (Å²) in [6.45, 7) is 2.08. The number of furan rings is 1. The van der Waals surface area contributed by atoms with Gasteiger partial charge in [-0.15, -0.1) is 0 Å². The molecule has 2 bridgehead atoms. The van der Waals surface area contributed by atoms with Gasteiger partial charge >= 0.3 is 0 Å². The lowest BCUT2D eigenvalue weighted by atomic mass is 9.83. The van der Waals surface area contributed by atoms with Gasteiger partial charge < -0.3 is 13.9 Å². The van der Waals surface area contributed by atoms with Crippen LogP contribution in [0, 0.1) is 5.92 Å². The number of hydrogen-bond acceptors (Lipinski definition) is 3. The highest BCUT2D eigenvalue weighted by Gasteiger charge is 2.36. The largest absolute Gasteiger partial charge is 0.461 e. The molecule has 0 saturated carbocycles. The van der Waals surface area contributed by atoms with Crippen LogP contribution in [0.25, 0.3) is 11.3 Å². The van der Waals surface area contributed by atoms with Crippen LogP contribution in [0.15, 0.2) is 57.7 Å². The summed E-state index contributed by atoms with van der Waals surface area (Å²) in [5.74, 6) is 2.17. The van der Waals surface area contributed by atoms with Crippen LogP contribution in [-0.4, -0.2) is 28.5 Å². The van der Waals surface area contributed by atoms with Gasteiger partial charge in [0.05, 0.1) is 10.0 Å². The molecule has 1 aromatic carbocycles. The number of aryl methyl sites for hydroxylation is 1. The maximum atomic E-state index is 12.9. The zero-order valence-electron chi connectivity index (χ0n) is 16.9. The Morgan fingerprint density at radius 3 is 2.74 bits per heavy atom. The predicted octanol–water partition coefficient (Wildman–Crippen LogP) is 4.99. The first-order valence-electron chi connectivity index (χ1n) is 10.5. The summed E-state index contributed by atoms with van der Waals surface area (Å²) in [7, 11) is 0. The molecule has 0 radical (unpaired) electrons. The highest BCUT2D eigenvalue weighted by atomic mass is 35.5. The molecule has 4 heterocycles. The minimum atomic E-state index is 0.0579. The van der Waals surface area contributed by atoms with Crippen LogP contribution in [0.3, 0.4) is 0 Å². The van der Waals surface area contributed by atoms with E-state index in [-0.39, 0.29) is 17.4 Å². The van der Waals surface area contributed by atoms with Crippen LogP contribution in [0.4, 0.5) is 0 Å². The van der Waals surface area contributed by atoms with Gasteiger partial charge in [0.1, 0.15) is 11.5 Å². The van der Waals surface area contributed by atoms with Crippen molar-refractivity contribution >= 4 is 29.1 Å². The molecule has 0 aliphatic carbocycles. The maximum absolute atomic E-state index is 12.9. The van der Waals surface area contributed by atoms with E-state index in [1.165, 1.54) is 0 Å². The summed E-state index contributed by atoms with van der Waals surface area (Å²) in [6.07, 6.45) is 1.98. The Morgan fingerprint density at radius 2 is 1.90 bits per heavy atom. The summed E-state index contributed by atoms with van der Waals surface area (Å²) >= 11 is 12.1. The smallest absolute Gasteiger partial charge is 0.250 e. The van der Waals surface area contributed by atoms with E-state index in [2.05, 4.69) is 0 Å². The monoisotopic (exact) mass is 456 g/mol. The van der Waals surface area contributed by atoms with Crippen molar-refractivity contribution in [3.8, 4) is 11.3 Å². The molecule has 0 N–H and O–H groups in total. The lowest BCUT2D eigenvalue weighted by Crippen LogP contribution is -2.49. The van der Waals surface area contributed by atoms with Crippen LogP contribution in [-0.2, 0) is 17.8 Å². The molecule has 7 heteroatoms. The van der Waals surface area contributed by atoms with Gasteiger partial charge in [-0.25, -0.2) is 0 Å². The van der Waals surface area contributed by atoms with Crippen molar-refractivity contribution in [2.75, 3.05) is 13.1 Å². The fourth-order valence-corrected chi connectivity index (χ4v) is 5.10. The zero-order chi connectivity index (χ0) is 21.5. The molecule has 2 atom stereocenters. The molecule has 2 aliphatic rings. The predicted molar refractivity (Wildman–Crippen MR) is 121 cm³/mol. The fraction of sp³-hybridized carbons (Fsp3) is 0.333. The number of carbonyl (C=O) groups is 1. The molecule has 1 fully saturated rings. The molecule has 160 valence electrons. The zero-order valence-corrected chi connectivity index (χ0v) is 18.4. The van der Waals surface area contributed by atoms with Gasteiger partial charge in [-0.3, -0.25) is 9.59 Å². The number of carbonyl (C=O) groups excluding carboxylic acids is 1. The molecule has 2 unspecified atom stereocenters. The Kier molecular flexibility index (Phi) is 5.40. The molecule has 0 spiro atoms. The van der Waals surface area contributed by atoms with Gasteiger partial charge in [0.25, 0.3) is 5.56 Å². The number of nitrogens with zero attached hydrogens (tertiary/aromatic N) is 2. The molecule has 31 heavy (non-hydrogen) atoms. The van der Waals surface area contributed by atoms with Gasteiger partial charge in [0.15, 0.2) is 0 Å². The number of benzene rings is 1. The number of hydrogen-bond donors (Lipinski definition) is 0. The third-order valence-corrected chi connectivity index (χ3v) is 7.02. The minimum absolute atomic E-state index is 0.0579. The van der Waals surface area contributed by atoms with Gasteiger partial charge in [0.2, 0.25) is 5.91 Å². The van der Waals surface area contributed by atoms with Crippen LogP contribution in [0.1, 0.15) is 30.2 Å². The summed E-state index contributed by atoms with van der Waals surface area (Å²) < 4.78 is 7.81. The number of amides is 1. The van der Waals surface area contributed by atoms with Crippen molar-refractivity contribution in [2.45, 2.75) is 31.7 Å². The van der Waals surface area contributed by atoms with E-state index in [0.29, 0.717) is 54.2 Å². The van der Waals surface area contributed by atoms with E-state index in [9.17, 15) is 9.59 Å². The van der Waals surface area contributed by atoms with E-state index in [0.717, 1.165) is 23.4 Å². The van der Waals surface area contributed by atoms with Crippen molar-refractivity contribution in [2.24, 2.45) is 5.92 Å². The Bertz CT molecular complexity index is 1200. The number of rotatable bonds is 4. The van der Waals surface area contributed by atoms with E-state index >= 15 is 0 Å². The van der Waals surface area contributed by atoms with Crippen molar-refractivity contribution in [3.63, 3.8) is 0 Å². The topological polar surface area (TPSA) is 55.5 Å². The van der Waals surface area contributed by atoms with Gasteiger partial charge in [-0.05, 0) is 48.7 Å². The maximum Gasteiger partial charge on any atom is 0.250 e. The second-order valence-corrected chi connectivity index (χ2v) is 9.21. The highest BCUT2D eigenvalue weighted by Crippen LogP contribution is 2.35. The number of piperidine rings is 1. The number of fused-ring (bicyclic) bond motifs is 4. The third kappa shape index (κ3) is 4.04. The number of aromatic nitrogens is 1. The summed E-state index contributed by atoms with van der Waals surface area (Å²) in [5, 5.41) is 0.980. The van der Waals surface area contributed by atoms with Crippen molar-refractivity contribution < 1.29 is 9.21 Å². The molecule has 5 rings (SSSR count). The molecule has 3 aromatic rings. The first-order chi connectivity index (χ1) is 15.0. The number of likely N-dealkylation sites (tertiary alicyclic amines) is 1. The Hall–Kier alpha value is -2.50. The average molecular weight is 457 g/mol. The van der Waals surface area contributed by atoms with Crippen molar-refractivity contribution in [1.29, 1.82) is 0 Å². The number of pyridine rings is 1. The van der Waals surface area contributed by atoms with E-state index in [4.69, 9.17) is 27.6 Å². The van der Waals surface area contributed by atoms with Gasteiger partial charge in [-0.2, -0.15) is 0 Å².